The van der Waals surface area contributed by atoms with Crippen LogP contribution >= 0.6 is 12.4 Å². The molecule has 4 atom stereocenters. The fraction of sp³-hybridized carbons (Fsp3) is 0.537. The Morgan fingerprint density at radius 2 is 1.52 bits per heavy atom. The zero-order valence-electron chi connectivity index (χ0n) is 33.1. The lowest BCUT2D eigenvalue weighted by atomic mass is 9.72. The summed E-state index contributed by atoms with van der Waals surface area (Å²) in [6.45, 7) is 4.97. The molecule has 1 saturated heterocycles. The summed E-state index contributed by atoms with van der Waals surface area (Å²) in [6.07, 6.45) is 8.75. The molecular formula is C41H60ClN3O11. The number of hydrogen-bond donors (Lipinski definition) is 5. The zero-order chi connectivity index (χ0) is 41.0. The molecule has 1 aliphatic carbocycles. The van der Waals surface area contributed by atoms with Crippen LogP contribution in [-0.4, -0.2) is 125 Å². The fourth-order valence-electron chi connectivity index (χ4n) is 6.82. The molecule has 2 aromatic rings. The third kappa shape index (κ3) is 17.1. The highest BCUT2D eigenvalue weighted by molar-refractivity contribution is 5.89. The Labute approximate surface area is 336 Å². The van der Waals surface area contributed by atoms with Crippen molar-refractivity contribution >= 4 is 42.2 Å². The Morgan fingerprint density at radius 1 is 0.929 bits per heavy atom. The second-order valence-electron chi connectivity index (χ2n) is 14.0. The van der Waals surface area contributed by atoms with E-state index in [4.69, 9.17) is 19.7 Å². The Kier molecular flexibility index (Phi) is 22.7. The number of likely N-dealkylation sites (N-methyl/N-ethyl adjacent to an activating group) is 1. The van der Waals surface area contributed by atoms with Gasteiger partial charge in [-0.05, 0) is 89.7 Å². The van der Waals surface area contributed by atoms with Gasteiger partial charge in [-0.15, -0.1) is 12.4 Å². The molecule has 2 fully saturated rings. The van der Waals surface area contributed by atoms with Gasteiger partial charge in [0.05, 0.1) is 25.4 Å². The smallest absolute Gasteiger partial charge is 0.328 e. The second kappa shape index (κ2) is 25.6. The standard InChI is InChI=1S/C20H28N2O5.C17H27NO2.C4H4O4.ClH/c1-3-27-20(26)16(12-11-15-8-5-4-6-9-15)21-14(2)18(23)22-13-7-10-17(22)19(24)25;1-18(2)13-16(17(19)11-5-4-6-12-17)14-7-9-15(20-3)10-8-14;5-3(6)1-2-4(7)8;/h4-6,8-9,14,16-17,21H,3,7,10-13H2,1-2H3,(H,24,25);7-10,16,19H,4-6,11-13H2,1-3H3;1-2H,(H,5,6)(H,7,8);1H/b;;2-1-;/t14-,16-,17-;;;/m0.../s1. The van der Waals surface area contributed by atoms with Crippen LogP contribution in [0, 0.1) is 0 Å². The summed E-state index contributed by atoms with van der Waals surface area (Å²) < 4.78 is 10.4. The van der Waals surface area contributed by atoms with Crippen LogP contribution in [0.3, 0.4) is 0 Å². The maximum atomic E-state index is 12.7. The van der Waals surface area contributed by atoms with Crippen LogP contribution in [0.1, 0.15) is 82.3 Å². The summed E-state index contributed by atoms with van der Waals surface area (Å²) in [5.41, 5.74) is 1.75. The summed E-state index contributed by atoms with van der Waals surface area (Å²) in [5, 5.41) is 39.1. The molecule has 0 bridgehead atoms. The van der Waals surface area contributed by atoms with E-state index in [0.29, 0.717) is 44.4 Å². The second-order valence-corrected chi connectivity index (χ2v) is 14.0. The Morgan fingerprint density at radius 3 is 2.02 bits per heavy atom. The molecule has 1 amide bonds. The van der Waals surface area contributed by atoms with Crippen LogP contribution in [0.15, 0.2) is 66.7 Å². The minimum absolute atomic E-state index is 0. The predicted molar refractivity (Wildman–Crippen MR) is 214 cm³/mol. The average molecular weight is 806 g/mol. The number of nitrogens with one attached hydrogen (secondary N) is 1. The molecule has 2 aromatic carbocycles. The zero-order valence-corrected chi connectivity index (χ0v) is 33.9. The number of carboxylic acids is 3. The third-order valence-electron chi connectivity index (χ3n) is 9.58. The number of carboxylic acid groups (broad SMARTS) is 3. The predicted octanol–water partition coefficient (Wildman–Crippen LogP) is 4.77. The summed E-state index contributed by atoms with van der Waals surface area (Å²) in [6, 6.07) is 15.9. The molecule has 0 spiro atoms. The maximum Gasteiger partial charge on any atom is 0.328 e. The molecule has 4 rings (SSSR count). The number of methoxy groups -OCH3 is 1. The van der Waals surface area contributed by atoms with Crippen molar-refractivity contribution in [2.75, 3.05) is 40.9 Å². The van der Waals surface area contributed by atoms with Crippen molar-refractivity contribution in [2.24, 2.45) is 0 Å². The molecule has 0 aromatic heterocycles. The number of aliphatic hydroxyl groups is 1. The largest absolute Gasteiger partial charge is 0.497 e. The lowest BCUT2D eigenvalue weighted by Crippen LogP contribution is -2.53. The Bertz CT molecular complexity index is 1520. The van der Waals surface area contributed by atoms with Gasteiger partial charge in [0.1, 0.15) is 17.8 Å². The van der Waals surface area contributed by atoms with Gasteiger partial charge in [-0.1, -0.05) is 61.7 Å². The van der Waals surface area contributed by atoms with Gasteiger partial charge in [0.25, 0.3) is 0 Å². The number of esters is 1. The molecule has 312 valence electrons. The molecule has 1 aliphatic heterocycles. The van der Waals surface area contributed by atoms with Gasteiger partial charge in [-0.3, -0.25) is 14.9 Å². The van der Waals surface area contributed by atoms with E-state index in [2.05, 4.69) is 36.4 Å². The number of ether oxygens (including phenoxy) is 2. The molecule has 56 heavy (non-hydrogen) atoms. The van der Waals surface area contributed by atoms with Crippen LogP contribution in [-0.2, 0) is 35.1 Å². The van der Waals surface area contributed by atoms with E-state index in [9.17, 15) is 34.2 Å². The number of aryl methyl sites for hydroxylation is 1. The average Bonchev–Trinajstić information content (AvgIpc) is 3.66. The first kappa shape index (κ1) is 49.5. The van der Waals surface area contributed by atoms with E-state index >= 15 is 0 Å². The maximum absolute atomic E-state index is 12.7. The van der Waals surface area contributed by atoms with Crippen LogP contribution in [0.25, 0.3) is 0 Å². The molecule has 1 saturated carbocycles. The van der Waals surface area contributed by atoms with Crippen molar-refractivity contribution in [1.29, 1.82) is 0 Å². The van der Waals surface area contributed by atoms with Crippen molar-refractivity contribution in [3.05, 3.63) is 77.9 Å². The van der Waals surface area contributed by atoms with Gasteiger partial charge in [-0.2, -0.15) is 0 Å². The summed E-state index contributed by atoms with van der Waals surface area (Å²) >= 11 is 0. The van der Waals surface area contributed by atoms with E-state index in [0.717, 1.165) is 43.5 Å². The van der Waals surface area contributed by atoms with Gasteiger partial charge in [-0.25, -0.2) is 14.4 Å². The first-order valence-corrected chi connectivity index (χ1v) is 18.8. The van der Waals surface area contributed by atoms with Crippen LogP contribution in [0.4, 0.5) is 0 Å². The number of nitrogens with zero attached hydrogens (tertiary/aromatic N) is 2. The van der Waals surface area contributed by atoms with Crippen LogP contribution in [0.5, 0.6) is 5.75 Å². The van der Waals surface area contributed by atoms with Crippen molar-refractivity contribution < 1.29 is 53.9 Å². The van der Waals surface area contributed by atoms with Gasteiger partial charge in [0, 0.05) is 31.2 Å². The lowest BCUT2D eigenvalue weighted by molar-refractivity contribution is -0.150. The number of carbonyl (C=O) groups excluding carboxylic acids is 2. The highest BCUT2D eigenvalue weighted by Crippen LogP contribution is 2.40. The molecule has 5 N–H and O–H groups in total. The van der Waals surface area contributed by atoms with E-state index in [1.807, 2.05) is 42.5 Å². The first-order valence-electron chi connectivity index (χ1n) is 18.8. The molecule has 1 heterocycles. The van der Waals surface area contributed by atoms with Crippen LogP contribution < -0.4 is 10.1 Å². The Hall–Kier alpha value is -4.50. The normalized spacial score (nSPS) is 17.5. The van der Waals surface area contributed by atoms with E-state index in [1.165, 1.54) is 16.9 Å². The molecule has 2 aliphatic rings. The number of aliphatic carboxylic acids is 3. The molecule has 14 nitrogen and oxygen atoms in total. The van der Waals surface area contributed by atoms with E-state index in [-0.39, 0.29) is 30.8 Å². The molecular weight excluding hydrogens is 746 g/mol. The van der Waals surface area contributed by atoms with E-state index < -0.39 is 47.6 Å². The topological polar surface area (TPSA) is 203 Å². The number of hydrogen-bond acceptors (Lipinski definition) is 10. The van der Waals surface area contributed by atoms with E-state index in [1.54, 1.807) is 21.0 Å². The SMILES string of the molecule is CCOC(=O)[C@H](CCc1ccccc1)N[C@@H](C)C(=O)N1CCC[C@H]1C(=O)O.COc1ccc(C(CN(C)C)C2(O)CCCCC2)cc1.Cl.O=C(O)/C=C\C(=O)O. The number of rotatable bonds is 16. The molecule has 15 heteroatoms. The summed E-state index contributed by atoms with van der Waals surface area (Å²) in [7, 11) is 5.83. The number of likely N-dealkylation sites (tertiary alicyclic amines) is 1. The summed E-state index contributed by atoms with van der Waals surface area (Å²) in [5.74, 6) is -3.16. The Balaban J connectivity index is 0.000000475. The van der Waals surface area contributed by atoms with Gasteiger partial charge >= 0.3 is 23.9 Å². The quantitative estimate of drug-likeness (QED) is 0.115. The van der Waals surface area contributed by atoms with Gasteiger partial charge in [0.2, 0.25) is 5.91 Å². The highest BCUT2D eigenvalue weighted by Gasteiger charge is 2.39. The minimum atomic E-state index is -1.26. The third-order valence-corrected chi connectivity index (χ3v) is 9.58. The van der Waals surface area contributed by atoms with Crippen molar-refractivity contribution in [1.82, 2.24) is 15.1 Å². The van der Waals surface area contributed by atoms with Crippen LogP contribution in [0.2, 0.25) is 0 Å². The number of amides is 1. The number of carbonyl (C=O) groups is 5. The fourth-order valence-corrected chi connectivity index (χ4v) is 6.82. The first-order chi connectivity index (χ1) is 26.1. The monoisotopic (exact) mass is 805 g/mol. The highest BCUT2D eigenvalue weighted by atomic mass is 35.5. The van der Waals surface area contributed by atoms with Crippen molar-refractivity contribution in [3.8, 4) is 5.75 Å². The van der Waals surface area contributed by atoms with Crippen molar-refractivity contribution in [2.45, 2.75) is 101 Å². The van der Waals surface area contributed by atoms with Gasteiger partial charge in [0.15, 0.2) is 0 Å². The molecule has 0 radical (unpaired) electrons. The lowest BCUT2D eigenvalue weighted by Gasteiger charge is -2.40. The summed E-state index contributed by atoms with van der Waals surface area (Å²) in [4.78, 5) is 59.0. The molecule has 1 unspecified atom stereocenters. The van der Waals surface area contributed by atoms with Gasteiger partial charge < -0.3 is 39.7 Å². The number of benzene rings is 2. The number of halogens is 1. The van der Waals surface area contributed by atoms with Crippen molar-refractivity contribution in [3.63, 3.8) is 0 Å². The minimum Gasteiger partial charge on any atom is -0.497 e.